The topological polar surface area (TPSA) is 257 Å². The second-order valence-corrected chi connectivity index (χ2v) is 15.0. The summed E-state index contributed by atoms with van der Waals surface area (Å²) >= 11 is 0. The van der Waals surface area contributed by atoms with Gasteiger partial charge in [0.1, 0.15) is 0 Å². The van der Waals surface area contributed by atoms with Gasteiger partial charge in [0.25, 0.3) is 35.4 Å². The summed E-state index contributed by atoms with van der Waals surface area (Å²) < 4.78 is 3.18. The number of hydroxylamine groups is 6. The van der Waals surface area contributed by atoms with Gasteiger partial charge in [-0.3, -0.25) is 28.8 Å². The Balaban J connectivity index is 1.23. The first-order valence-corrected chi connectivity index (χ1v) is 20.9. The molecule has 6 amide bonds. The van der Waals surface area contributed by atoms with Crippen LogP contribution in [0.25, 0.3) is 0 Å². The number of hydrogen-bond acceptors (Lipinski definition) is 15. The molecular weight excluding hydrogens is 792 g/mol. The molecule has 0 bridgehead atoms. The van der Waals surface area contributed by atoms with Crippen molar-refractivity contribution >= 4 is 53.4 Å². The SMILES string of the molecule is O=C(CCCCCCCn1c(=O)n(CCCCCCCC(=O)ON2C(=O)CCC2=O)c(=O)n(CCCCCCCC(=O)ON2C(=O)CCC2=O)c1=O)ON1C(=O)CCC1=O. The van der Waals surface area contributed by atoms with E-state index in [0.29, 0.717) is 112 Å². The second kappa shape index (κ2) is 23.7. The molecule has 0 unspecified atom stereocenters. The molecule has 0 saturated carbocycles. The summed E-state index contributed by atoms with van der Waals surface area (Å²) in [6, 6.07) is 0. The third kappa shape index (κ3) is 13.9. The third-order valence-electron chi connectivity index (χ3n) is 10.3. The van der Waals surface area contributed by atoms with Crippen LogP contribution in [0.2, 0.25) is 0 Å². The van der Waals surface area contributed by atoms with Crippen molar-refractivity contribution in [2.75, 3.05) is 0 Å². The number of nitrogens with zero attached hydrogens (tertiary/aromatic N) is 6. The van der Waals surface area contributed by atoms with Crippen LogP contribution < -0.4 is 17.1 Å². The van der Waals surface area contributed by atoms with E-state index >= 15 is 0 Å². The maximum absolute atomic E-state index is 13.5. The van der Waals surface area contributed by atoms with Crippen molar-refractivity contribution in [2.45, 2.75) is 174 Å². The van der Waals surface area contributed by atoms with Crippen LogP contribution in [0.4, 0.5) is 0 Å². The lowest BCUT2D eigenvalue weighted by Gasteiger charge is -2.14. The van der Waals surface area contributed by atoms with Crippen molar-refractivity contribution < 1.29 is 57.7 Å². The average Bonchev–Trinajstić information content (AvgIpc) is 3.83. The standard InChI is InChI=1S/C39H54N6O15/c46-28-19-20-29(47)43(28)58-34(52)16-10-4-1-7-13-25-40-37(55)41(26-14-8-2-5-11-17-35(53)59-44-30(48)21-22-31(44)49)39(57)42(38(40)56)27-15-9-3-6-12-18-36(54)60-45-32(50)23-24-33(45)51/h1-27H2. The Morgan fingerprint density at radius 3 is 0.750 bits per heavy atom. The molecular formula is C39H54N6O15. The minimum atomic E-state index is -0.715. The zero-order valence-electron chi connectivity index (χ0n) is 33.9. The molecule has 3 saturated heterocycles. The summed E-state index contributed by atoms with van der Waals surface area (Å²) in [6.07, 6.45) is 8.43. The molecule has 0 radical (unpaired) electrons. The van der Waals surface area contributed by atoms with E-state index in [-0.39, 0.29) is 77.4 Å². The number of hydrogen-bond donors (Lipinski definition) is 0. The van der Waals surface area contributed by atoms with Crippen molar-refractivity contribution in [3.05, 3.63) is 31.5 Å². The molecule has 4 rings (SSSR count). The highest BCUT2D eigenvalue weighted by Crippen LogP contribution is 2.17. The van der Waals surface area contributed by atoms with E-state index in [1.54, 1.807) is 0 Å². The highest BCUT2D eigenvalue weighted by Gasteiger charge is 2.34. The monoisotopic (exact) mass is 846 g/mol. The molecule has 0 spiro atoms. The van der Waals surface area contributed by atoms with Gasteiger partial charge in [0, 0.05) is 77.4 Å². The van der Waals surface area contributed by atoms with E-state index in [1.807, 2.05) is 0 Å². The molecule has 0 atom stereocenters. The predicted molar refractivity (Wildman–Crippen MR) is 204 cm³/mol. The van der Waals surface area contributed by atoms with Crippen LogP contribution in [-0.4, -0.2) is 82.2 Å². The average molecular weight is 847 g/mol. The largest absolute Gasteiger partial charge is 0.336 e. The lowest BCUT2D eigenvalue weighted by atomic mass is 10.1. The molecule has 21 nitrogen and oxygen atoms in total. The molecule has 3 fully saturated rings. The second-order valence-electron chi connectivity index (χ2n) is 15.0. The number of carbonyl (C=O) groups excluding carboxylic acids is 9. The van der Waals surface area contributed by atoms with Crippen LogP contribution in [0.5, 0.6) is 0 Å². The normalized spacial score (nSPS) is 15.5. The van der Waals surface area contributed by atoms with E-state index < -0.39 is 70.4 Å². The maximum atomic E-state index is 13.5. The zero-order valence-corrected chi connectivity index (χ0v) is 33.9. The van der Waals surface area contributed by atoms with Gasteiger partial charge in [-0.25, -0.2) is 42.5 Å². The Morgan fingerprint density at radius 1 is 0.317 bits per heavy atom. The Bertz CT molecular complexity index is 1670. The summed E-state index contributed by atoms with van der Waals surface area (Å²) in [5.74, 6) is -5.35. The first-order chi connectivity index (χ1) is 28.8. The molecule has 4 heterocycles. The van der Waals surface area contributed by atoms with Gasteiger partial charge in [-0.15, -0.1) is 15.2 Å². The molecule has 21 heteroatoms. The van der Waals surface area contributed by atoms with Crippen LogP contribution in [0.3, 0.4) is 0 Å². The first-order valence-electron chi connectivity index (χ1n) is 20.9. The molecule has 330 valence electrons. The number of amides is 6. The van der Waals surface area contributed by atoms with Crippen molar-refractivity contribution in [3.63, 3.8) is 0 Å². The van der Waals surface area contributed by atoms with Crippen LogP contribution in [-0.2, 0) is 77.3 Å². The van der Waals surface area contributed by atoms with Crippen molar-refractivity contribution in [1.29, 1.82) is 0 Å². The van der Waals surface area contributed by atoms with Gasteiger partial charge in [0.15, 0.2) is 0 Å². The van der Waals surface area contributed by atoms with Gasteiger partial charge in [-0.05, 0) is 38.5 Å². The summed E-state index contributed by atoms with van der Waals surface area (Å²) in [7, 11) is 0. The molecule has 60 heavy (non-hydrogen) atoms. The molecule has 1 aromatic rings. The lowest BCUT2D eigenvalue weighted by molar-refractivity contribution is -0.197. The summed E-state index contributed by atoms with van der Waals surface area (Å²) in [6.45, 7) is 0.192. The van der Waals surface area contributed by atoms with Gasteiger partial charge in [0.2, 0.25) is 0 Å². The number of carbonyl (C=O) groups is 9. The molecule has 0 aliphatic carbocycles. The van der Waals surface area contributed by atoms with Gasteiger partial charge < -0.3 is 14.5 Å². The van der Waals surface area contributed by atoms with Crippen LogP contribution in [0.1, 0.15) is 154 Å². The van der Waals surface area contributed by atoms with Crippen molar-refractivity contribution in [2.24, 2.45) is 0 Å². The summed E-state index contributed by atoms with van der Waals surface area (Å²) in [5.41, 5.74) is -2.14. The van der Waals surface area contributed by atoms with Gasteiger partial charge >= 0.3 is 35.0 Å². The van der Waals surface area contributed by atoms with Crippen molar-refractivity contribution in [1.82, 2.24) is 28.9 Å². The van der Waals surface area contributed by atoms with E-state index in [1.165, 1.54) is 0 Å². The van der Waals surface area contributed by atoms with Crippen LogP contribution >= 0.6 is 0 Å². The fourth-order valence-electron chi connectivity index (χ4n) is 6.88. The first kappa shape index (κ1) is 46.9. The number of unbranched alkanes of at least 4 members (excludes halogenated alkanes) is 12. The van der Waals surface area contributed by atoms with Crippen molar-refractivity contribution in [3.8, 4) is 0 Å². The smallest absolute Gasteiger partial charge is 0.330 e. The Morgan fingerprint density at radius 2 is 0.517 bits per heavy atom. The minimum absolute atomic E-state index is 0.00784. The number of aromatic nitrogens is 3. The summed E-state index contributed by atoms with van der Waals surface area (Å²) in [5, 5.41) is 1.53. The van der Waals surface area contributed by atoms with Crippen LogP contribution in [0, 0.1) is 0 Å². The molecule has 3 aliphatic heterocycles. The fourth-order valence-corrected chi connectivity index (χ4v) is 6.88. The number of imide groups is 3. The highest BCUT2D eigenvalue weighted by atomic mass is 16.7. The third-order valence-corrected chi connectivity index (χ3v) is 10.3. The molecule has 0 N–H and O–H groups in total. The molecule has 0 aromatic carbocycles. The van der Waals surface area contributed by atoms with E-state index in [0.717, 1.165) is 13.7 Å². The summed E-state index contributed by atoms with van der Waals surface area (Å²) in [4.78, 5) is 161. The zero-order chi connectivity index (χ0) is 43.6. The quantitative estimate of drug-likeness (QED) is 0.0907. The van der Waals surface area contributed by atoms with E-state index in [9.17, 15) is 57.5 Å². The highest BCUT2D eigenvalue weighted by molar-refractivity contribution is 6.02. The van der Waals surface area contributed by atoms with Gasteiger partial charge in [-0.2, -0.15) is 0 Å². The Kier molecular flexibility index (Phi) is 18.6. The van der Waals surface area contributed by atoms with Gasteiger partial charge in [-0.1, -0.05) is 57.8 Å². The molecule has 3 aliphatic rings. The Labute approximate surface area is 344 Å². The van der Waals surface area contributed by atoms with Gasteiger partial charge in [0.05, 0.1) is 0 Å². The molecule has 1 aromatic heterocycles. The predicted octanol–water partition coefficient (Wildman–Crippen LogP) is 2.02. The maximum Gasteiger partial charge on any atom is 0.336 e. The fraction of sp³-hybridized carbons (Fsp3) is 0.692. The van der Waals surface area contributed by atoms with E-state index in [2.05, 4.69) is 0 Å². The number of rotatable bonds is 27. The lowest BCUT2D eigenvalue weighted by Crippen LogP contribution is -2.54. The Hall–Kier alpha value is -5.76. The van der Waals surface area contributed by atoms with Crippen LogP contribution in [0.15, 0.2) is 14.4 Å². The van der Waals surface area contributed by atoms with E-state index in [4.69, 9.17) is 14.5 Å². The minimum Gasteiger partial charge on any atom is -0.330 e.